The second-order valence-corrected chi connectivity index (χ2v) is 14.4. The molecule has 3 N–H and O–H groups in total. The molecule has 0 aromatic carbocycles. The fraction of sp³-hybridized carbons (Fsp3) is 0.750. The normalized spacial score (nSPS) is 14.5. The lowest BCUT2D eigenvalue weighted by molar-refractivity contribution is -0.161. The van der Waals surface area contributed by atoms with Crippen molar-refractivity contribution < 1.29 is 47.8 Å². The number of hydrogen-bond acceptors (Lipinski definition) is 9. The van der Waals surface area contributed by atoms with Gasteiger partial charge in [-0.25, -0.2) is 4.57 Å². The highest BCUT2D eigenvalue weighted by Crippen LogP contribution is 2.43. The Bertz CT molecular complexity index is 994. The Labute approximate surface area is 309 Å². The fourth-order valence-electron chi connectivity index (χ4n) is 4.86. The maximum Gasteiger partial charge on any atom is 0.472 e. The number of aliphatic hydroxyl groups excluding tert-OH is 2. The second-order valence-electron chi connectivity index (χ2n) is 12.9. The second kappa shape index (κ2) is 36.3. The number of rotatable bonds is 36. The predicted octanol–water partition coefficient (Wildman–Crippen LogP) is 9.78. The number of carbonyl (C=O) groups excluding carboxylic acids is 2. The first kappa shape index (κ1) is 48.9. The number of allylic oxidation sites excluding steroid dienone is 8. The van der Waals surface area contributed by atoms with Crippen molar-refractivity contribution in [2.75, 3.05) is 26.4 Å². The van der Waals surface area contributed by atoms with Gasteiger partial charge in [0.1, 0.15) is 12.7 Å². The van der Waals surface area contributed by atoms with Crippen LogP contribution in [0, 0.1) is 0 Å². The molecule has 51 heavy (non-hydrogen) atoms. The lowest BCUT2D eigenvalue weighted by Gasteiger charge is -2.20. The summed E-state index contributed by atoms with van der Waals surface area (Å²) in [5.74, 6) is -0.966. The largest absolute Gasteiger partial charge is 0.472 e. The summed E-state index contributed by atoms with van der Waals surface area (Å²) in [5.41, 5.74) is 0. The maximum absolute atomic E-state index is 12.6. The number of carbonyl (C=O) groups is 2. The van der Waals surface area contributed by atoms with Crippen LogP contribution in [0.4, 0.5) is 0 Å². The zero-order valence-electron chi connectivity index (χ0n) is 31.8. The summed E-state index contributed by atoms with van der Waals surface area (Å²) in [6.45, 7) is 2.25. The summed E-state index contributed by atoms with van der Waals surface area (Å²) < 4.78 is 32.6. The van der Waals surface area contributed by atoms with Crippen molar-refractivity contribution >= 4 is 19.8 Å². The molecule has 0 aromatic rings. The third-order valence-electron chi connectivity index (χ3n) is 7.96. The predicted molar refractivity (Wildman–Crippen MR) is 205 cm³/mol. The smallest absolute Gasteiger partial charge is 0.462 e. The molecule has 0 heterocycles. The molecule has 0 saturated carbocycles. The van der Waals surface area contributed by atoms with Gasteiger partial charge in [0.05, 0.1) is 19.8 Å². The van der Waals surface area contributed by atoms with Gasteiger partial charge in [-0.3, -0.25) is 18.6 Å². The number of phosphoric ester groups is 1. The van der Waals surface area contributed by atoms with Crippen molar-refractivity contribution in [1.29, 1.82) is 0 Å². The Balaban J connectivity index is 4.41. The first-order valence-corrected chi connectivity index (χ1v) is 21.1. The Morgan fingerprint density at radius 1 is 0.588 bits per heavy atom. The highest BCUT2D eigenvalue weighted by Gasteiger charge is 2.27. The van der Waals surface area contributed by atoms with Crippen molar-refractivity contribution in [3.63, 3.8) is 0 Å². The van der Waals surface area contributed by atoms with Crippen LogP contribution in [0.2, 0.25) is 0 Å². The Kier molecular flexibility index (Phi) is 34.8. The van der Waals surface area contributed by atoms with E-state index in [1.54, 1.807) is 0 Å². The lowest BCUT2D eigenvalue weighted by Crippen LogP contribution is -2.29. The summed E-state index contributed by atoms with van der Waals surface area (Å²) in [6.07, 6.45) is 36.5. The third kappa shape index (κ3) is 36.1. The minimum Gasteiger partial charge on any atom is -0.462 e. The van der Waals surface area contributed by atoms with Gasteiger partial charge in [0.2, 0.25) is 0 Å². The van der Waals surface area contributed by atoms with E-state index in [0.29, 0.717) is 12.8 Å². The van der Waals surface area contributed by atoms with Crippen molar-refractivity contribution in [3.8, 4) is 0 Å². The van der Waals surface area contributed by atoms with Crippen LogP contribution in [0.3, 0.4) is 0 Å². The fourth-order valence-corrected chi connectivity index (χ4v) is 5.65. The minimum atomic E-state index is -4.62. The van der Waals surface area contributed by atoms with Gasteiger partial charge in [-0.05, 0) is 70.6 Å². The van der Waals surface area contributed by atoms with Gasteiger partial charge in [-0.15, -0.1) is 0 Å². The van der Waals surface area contributed by atoms with Crippen molar-refractivity contribution in [2.24, 2.45) is 0 Å². The number of unbranched alkanes of at least 4 members (excludes halogenated alkanes) is 14. The lowest BCUT2D eigenvalue weighted by atomic mass is 10.1. The summed E-state index contributed by atoms with van der Waals surface area (Å²) in [4.78, 5) is 34.8. The van der Waals surface area contributed by atoms with Crippen LogP contribution in [-0.4, -0.2) is 65.7 Å². The quantitative estimate of drug-likeness (QED) is 0.0245. The zero-order chi connectivity index (χ0) is 37.7. The monoisotopic (exact) mass is 742 g/mol. The topological polar surface area (TPSA) is 149 Å². The van der Waals surface area contributed by atoms with Crippen LogP contribution in [0.5, 0.6) is 0 Å². The van der Waals surface area contributed by atoms with Crippen LogP contribution in [-0.2, 0) is 32.7 Å². The molecule has 10 nitrogen and oxygen atoms in total. The summed E-state index contributed by atoms with van der Waals surface area (Å²) >= 11 is 0. The standard InChI is InChI=1S/C40H71O10P/c1-3-5-7-9-11-13-15-16-17-18-19-20-22-24-26-28-30-32-40(44)50-38(36-49-51(45,46)48-34-37(42)33-41)35-47-39(43)31-29-27-25-23-21-14-12-10-8-6-4-2/h10-13,16-17,19-20,37-38,41-42H,3-9,14-15,18,21-36H2,1-2H3,(H,45,46)/b12-10-,13-11-,17-16-,20-19-/t37-,38+/m0/s1. The average Bonchev–Trinajstić information content (AvgIpc) is 3.12. The highest BCUT2D eigenvalue weighted by atomic mass is 31.2. The molecule has 0 rings (SSSR count). The average molecular weight is 743 g/mol. The molecule has 0 fully saturated rings. The molecule has 0 aliphatic rings. The molecule has 1 unspecified atom stereocenters. The highest BCUT2D eigenvalue weighted by molar-refractivity contribution is 7.47. The van der Waals surface area contributed by atoms with E-state index in [-0.39, 0.29) is 19.4 Å². The maximum atomic E-state index is 12.6. The van der Waals surface area contributed by atoms with Crippen molar-refractivity contribution in [2.45, 2.75) is 167 Å². The number of esters is 2. The number of hydrogen-bond donors (Lipinski definition) is 3. The van der Waals surface area contributed by atoms with Crippen molar-refractivity contribution in [1.82, 2.24) is 0 Å². The molecule has 0 radical (unpaired) electrons. The van der Waals surface area contributed by atoms with Crippen LogP contribution in [0.1, 0.15) is 155 Å². The molecule has 0 bridgehead atoms. The van der Waals surface area contributed by atoms with E-state index < -0.39 is 51.8 Å². The summed E-state index contributed by atoms with van der Waals surface area (Å²) in [5, 5.41) is 18.3. The van der Waals surface area contributed by atoms with Gasteiger partial charge in [0.15, 0.2) is 6.10 Å². The van der Waals surface area contributed by atoms with Crippen LogP contribution < -0.4 is 0 Å². The number of aliphatic hydroxyl groups is 2. The molecule has 0 saturated heterocycles. The minimum absolute atomic E-state index is 0.155. The van der Waals surface area contributed by atoms with Gasteiger partial charge >= 0.3 is 19.8 Å². The molecular formula is C40H71O10P. The van der Waals surface area contributed by atoms with E-state index in [4.69, 9.17) is 19.1 Å². The van der Waals surface area contributed by atoms with E-state index in [0.717, 1.165) is 77.0 Å². The number of phosphoric acid groups is 1. The Morgan fingerprint density at radius 2 is 1.04 bits per heavy atom. The first-order chi connectivity index (χ1) is 24.7. The van der Waals surface area contributed by atoms with E-state index in [2.05, 4.69) is 67.0 Å². The van der Waals surface area contributed by atoms with Gasteiger partial charge in [-0.2, -0.15) is 0 Å². The summed E-state index contributed by atoms with van der Waals surface area (Å²) in [6, 6.07) is 0. The molecule has 0 amide bonds. The van der Waals surface area contributed by atoms with Gasteiger partial charge in [0, 0.05) is 12.8 Å². The SMILES string of the molecule is CCCC/C=C\CCCCCCCC(=O)OC[C@H](COP(=O)(O)OC[C@@H](O)CO)OC(=O)CCCCCC/C=C\C/C=C\C/C=C\CCCCC. The van der Waals surface area contributed by atoms with E-state index in [1.807, 2.05) is 0 Å². The molecule has 0 aliphatic heterocycles. The molecular weight excluding hydrogens is 671 g/mol. The molecule has 0 aromatic heterocycles. The zero-order valence-corrected chi connectivity index (χ0v) is 32.7. The molecule has 0 spiro atoms. The summed E-state index contributed by atoms with van der Waals surface area (Å²) in [7, 11) is -4.62. The molecule has 3 atom stereocenters. The van der Waals surface area contributed by atoms with Crippen LogP contribution in [0.15, 0.2) is 48.6 Å². The third-order valence-corrected chi connectivity index (χ3v) is 8.91. The van der Waals surface area contributed by atoms with Gasteiger partial charge in [0.25, 0.3) is 0 Å². The first-order valence-electron chi connectivity index (χ1n) is 19.6. The van der Waals surface area contributed by atoms with Crippen LogP contribution >= 0.6 is 7.82 Å². The van der Waals surface area contributed by atoms with Crippen molar-refractivity contribution in [3.05, 3.63) is 48.6 Å². The van der Waals surface area contributed by atoms with Crippen LogP contribution in [0.25, 0.3) is 0 Å². The molecule has 0 aliphatic carbocycles. The molecule has 296 valence electrons. The van der Waals surface area contributed by atoms with Gasteiger partial charge in [-0.1, -0.05) is 120 Å². The molecule has 11 heteroatoms. The van der Waals surface area contributed by atoms with E-state index in [9.17, 15) is 24.2 Å². The van der Waals surface area contributed by atoms with E-state index in [1.165, 1.54) is 38.5 Å². The number of ether oxygens (including phenoxy) is 2. The Morgan fingerprint density at radius 3 is 1.61 bits per heavy atom. The van der Waals surface area contributed by atoms with Gasteiger partial charge < -0.3 is 24.6 Å². The Hall–Kier alpha value is -2.07. The van der Waals surface area contributed by atoms with E-state index >= 15 is 0 Å².